The molecule has 1 aliphatic heterocycles. The number of aryl methyl sites for hydroxylation is 2. The number of carbonyl (C=O) groups is 1. The largest absolute Gasteiger partial charge is 0.486 e. The first kappa shape index (κ1) is 18.6. The fourth-order valence-electron chi connectivity index (χ4n) is 2.84. The molecule has 2 heterocycles. The van der Waals surface area contributed by atoms with E-state index in [1.54, 1.807) is 11.8 Å². The van der Waals surface area contributed by atoms with Crippen molar-refractivity contribution < 1.29 is 18.8 Å². The van der Waals surface area contributed by atoms with E-state index < -0.39 is 5.54 Å². The lowest BCUT2D eigenvalue weighted by atomic mass is 9.93. The minimum Gasteiger partial charge on any atom is -0.486 e. The first-order valence-electron chi connectivity index (χ1n) is 8.57. The van der Waals surface area contributed by atoms with Gasteiger partial charge in [-0.2, -0.15) is 0 Å². The van der Waals surface area contributed by atoms with Crippen LogP contribution in [0.2, 0.25) is 0 Å². The van der Waals surface area contributed by atoms with Gasteiger partial charge >= 0.3 is 0 Å². The first-order valence-corrected chi connectivity index (χ1v) is 9.73. The van der Waals surface area contributed by atoms with Crippen molar-refractivity contribution in [3.63, 3.8) is 0 Å². The number of thioether (sulfide) groups is 1. The Balaban J connectivity index is 1.57. The molecule has 1 amide bonds. The van der Waals surface area contributed by atoms with Gasteiger partial charge in [0.1, 0.15) is 19.0 Å². The maximum Gasteiger partial charge on any atom is 0.230 e. The van der Waals surface area contributed by atoms with Crippen molar-refractivity contribution in [1.29, 1.82) is 0 Å². The number of carbonyl (C=O) groups excluding carboxylic acids is 1. The molecule has 1 aromatic heterocycles. The van der Waals surface area contributed by atoms with Crippen LogP contribution in [0.25, 0.3) is 0 Å². The third-order valence-corrected chi connectivity index (χ3v) is 5.34. The van der Waals surface area contributed by atoms with Crippen molar-refractivity contribution in [2.24, 2.45) is 0 Å². The zero-order valence-electron chi connectivity index (χ0n) is 15.5. The second-order valence-electron chi connectivity index (χ2n) is 6.83. The highest BCUT2D eigenvalue weighted by Gasteiger charge is 2.25. The van der Waals surface area contributed by atoms with Crippen molar-refractivity contribution in [2.75, 3.05) is 19.0 Å². The topological polar surface area (TPSA) is 73.6 Å². The average molecular weight is 376 g/mol. The molecular weight excluding hydrogens is 352 g/mol. The number of fused-ring (bicyclic) bond motifs is 1. The summed E-state index contributed by atoms with van der Waals surface area (Å²) >= 11 is 1.55. The van der Waals surface area contributed by atoms with E-state index in [9.17, 15) is 4.79 Å². The summed E-state index contributed by atoms with van der Waals surface area (Å²) < 4.78 is 16.3. The van der Waals surface area contributed by atoms with Crippen molar-refractivity contribution in [2.45, 2.75) is 39.0 Å². The maximum absolute atomic E-state index is 12.4. The Morgan fingerprint density at radius 3 is 2.65 bits per heavy atom. The Labute approximate surface area is 157 Å². The standard InChI is InChI=1S/C19H24N2O4S/c1-12-15(13(2)25-21-12)10-26-11-18(22)20-19(3,4)14-5-6-16-17(9-14)24-8-7-23-16/h5-6,9H,7-8,10-11H2,1-4H3,(H,20,22). The van der Waals surface area contributed by atoms with Gasteiger partial charge in [0.2, 0.25) is 5.91 Å². The molecule has 0 radical (unpaired) electrons. The fraction of sp³-hybridized carbons (Fsp3) is 0.474. The lowest BCUT2D eigenvalue weighted by molar-refractivity contribution is -0.120. The van der Waals surface area contributed by atoms with Gasteiger partial charge in [-0.05, 0) is 45.4 Å². The number of ether oxygens (including phenoxy) is 2. The predicted octanol–water partition coefficient (Wildman–Crippen LogP) is 3.35. The van der Waals surface area contributed by atoms with Gasteiger partial charge < -0.3 is 19.3 Å². The summed E-state index contributed by atoms with van der Waals surface area (Å²) in [7, 11) is 0. The monoisotopic (exact) mass is 376 g/mol. The molecule has 140 valence electrons. The Bertz CT molecular complexity index is 781. The number of hydrogen-bond acceptors (Lipinski definition) is 6. The molecule has 0 aliphatic carbocycles. The van der Waals surface area contributed by atoms with Crippen molar-refractivity contribution >= 4 is 17.7 Å². The average Bonchev–Trinajstić information content (AvgIpc) is 2.93. The fourth-order valence-corrected chi connectivity index (χ4v) is 3.82. The van der Waals surface area contributed by atoms with Gasteiger partial charge in [0.15, 0.2) is 11.5 Å². The Morgan fingerprint density at radius 2 is 1.96 bits per heavy atom. The van der Waals surface area contributed by atoms with Gasteiger partial charge in [0.25, 0.3) is 0 Å². The number of benzene rings is 1. The highest BCUT2D eigenvalue weighted by molar-refractivity contribution is 7.99. The summed E-state index contributed by atoms with van der Waals surface area (Å²) in [6.45, 7) is 8.87. The van der Waals surface area contributed by atoms with E-state index in [-0.39, 0.29) is 5.91 Å². The predicted molar refractivity (Wildman–Crippen MR) is 101 cm³/mol. The Kier molecular flexibility index (Phi) is 5.46. The van der Waals surface area contributed by atoms with Gasteiger partial charge in [-0.25, -0.2) is 0 Å². The molecule has 0 fully saturated rings. The third kappa shape index (κ3) is 4.15. The number of aromatic nitrogens is 1. The second kappa shape index (κ2) is 7.61. The molecule has 6 nitrogen and oxygen atoms in total. The number of nitrogens with one attached hydrogen (secondary N) is 1. The molecule has 7 heteroatoms. The molecule has 0 atom stereocenters. The van der Waals surface area contributed by atoms with Crippen LogP contribution in [0.5, 0.6) is 11.5 Å². The summed E-state index contributed by atoms with van der Waals surface area (Å²) in [6.07, 6.45) is 0. The van der Waals surface area contributed by atoms with Crippen molar-refractivity contribution in [3.8, 4) is 11.5 Å². The third-order valence-electron chi connectivity index (χ3n) is 4.38. The molecule has 0 bridgehead atoms. The molecule has 26 heavy (non-hydrogen) atoms. The summed E-state index contributed by atoms with van der Waals surface area (Å²) in [5.41, 5.74) is 2.42. The molecule has 1 N–H and O–H groups in total. The SMILES string of the molecule is Cc1noc(C)c1CSCC(=O)NC(C)(C)c1ccc2c(c1)OCCO2. The summed E-state index contributed by atoms with van der Waals surface area (Å²) in [6, 6.07) is 5.79. The van der Waals surface area contributed by atoms with Gasteiger partial charge in [0.05, 0.1) is 17.0 Å². The van der Waals surface area contributed by atoms with Crippen LogP contribution in [0.1, 0.15) is 36.4 Å². The minimum atomic E-state index is -0.503. The number of amides is 1. The zero-order valence-corrected chi connectivity index (χ0v) is 16.4. The van der Waals surface area contributed by atoms with Crippen LogP contribution in [0, 0.1) is 13.8 Å². The van der Waals surface area contributed by atoms with Crippen LogP contribution in [0.15, 0.2) is 22.7 Å². The van der Waals surface area contributed by atoms with Crippen LogP contribution < -0.4 is 14.8 Å². The molecule has 1 aromatic carbocycles. The van der Waals surface area contributed by atoms with Crippen LogP contribution in [-0.4, -0.2) is 30.0 Å². The molecule has 2 aromatic rings. The van der Waals surface area contributed by atoms with E-state index >= 15 is 0 Å². The molecule has 3 rings (SSSR count). The normalized spacial score (nSPS) is 13.5. The van der Waals surface area contributed by atoms with Crippen molar-refractivity contribution in [3.05, 3.63) is 40.8 Å². The second-order valence-corrected chi connectivity index (χ2v) is 7.81. The van der Waals surface area contributed by atoms with Gasteiger partial charge in [-0.3, -0.25) is 4.79 Å². The number of rotatable bonds is 6. The zero-order chi connectivity index (χ0) is 18.7. The smallest absolute Gasteiger partial charge is 0.230 e. The van der Waals surface area contributed by atoms with E-state index in [4.69, 9.17) is 14.0 Å². The molecular formula is C19H24N2O4S. The highest BCUT2D eigenvalue weighted by Crippen LogP contribution is 2.34. The van der Waals surface area contributed by atoms with Gasteiger partial charge in [-0.1, -0.05) is 11.2 Å². The van der Waals surface area contributed by atoms with E-state index in [0.29, 0.717) is 24.7 Å². The maximum atomic E-state index is 12.4. The molecule has 0 spiro atoms. The van der Waals surface area contributed by atoms with Crippen LogP contribution in [0.3, 0.4) is 0 Å². The lowest BCUT2D eigenvalue weighted by Gasteiger charge is -2.28. The van der Waals surface area contributed by atoms with E-state index in [1.165, 1.54) is 0 Å². The molecule has 0 unspecified atom stereocenters. The number of nitrogens with zero attached hydrogens (tertiary/aromatic N) is 1. The summed E-state index contributed by atoms with van der Waals surface area (Å²) in [5.74, 6) is 3.35. The van der Waals surface area contributed by atoms with Gasteiger partial charge in [-0.15, -0.1) is 11.8 Å². The Morgan fingerprint density at radius 1 is 1.23 bits per heavy atom. The highest BCUT2D eigenvalue weighted by atomic mass is 32.2. The summed E-state index contributed by atoms with van der Waals surface area (Å²) in [4.78, 5) is 12.4. The molecule has 0 saturated heterocycles. The molecule has 1 aliphatic rings. The van der Waals surface area contributed by atoms with Crippen LogP contribution in [-0.2, 0) is 16.1 Å². The lowest BCUT2D eigenvalue weighted by Crippen LogP contribution is -2.42. The van der Waals surface area contributed by atoms with Crippen LogP contribution in [0.4, 0.5) is 0 Å². The Hall–Kier alpha value is -2.15. The quantitative estimate of drug-likeness (QED) is 0.833. The van der Waals surface area contributed by atoms with Crippen molar-refractivity contribution in [1.82, 2.24) is 10.5 Å². The number of hydrogen-bond donors (Lipinski definition) is 1. The van der Waals surface area contributed by atoms with E-state index in [2.05, 4.69) is 10.5 Å². The first-order chi connectivity index (χ1) is 12.4. The van der Waals surface area contributed by atoms with E-state index in [0.717, 1.165) is 34.1 Å². The van der Waals surface area contributed by atoms with Crippen LogP contribution >= 0.6 is 11.8 Å². The minimum absolute atomic E-state index is 0.0124. The van der Waals surface area contributed by atoms with E-state index in [1.807, 2.05) is 45.9 Å². The molecule has 0 saturated carbocycles. The van der Waals surface area contributed by atoms with Gasteiger partial charge in [0, 0.05) is 11.3 Å². The summed E-state index contributed by atoms with van der Waals surface area (Å²) in [5, 5.41) is 7.03.